The third kappa shape index (κ3) is 4.28. The zero-order valence-corrected chi connectivity index (χ0v) is 19.5. The molecule has 0 aliphatic carbocycles. The number of alkyl halides is 2. The summed E-state index contributed by atoms with van der Waals surface area (Å²) in [4.78, 5) is 42.8. The molecule has 1 aliphatic heterocycles. The van der Waals surface area contributed by atoms with Gasteiger partial charge in [-0.05, 0) is 31.0 Å². The van der Waals surface area contributed by atoms with Crippen LogP contribution in [0.3, 0.4) is 0 Å². The standard InChI is InChI=1S/C24H22F2N4O3S/c1-13-4-9-17(18(10-13)15-5-7-16(8-6-15)23(3,25)26)20(31)27-11-24(19-14(2)34-12-28-19)21(32)29-22(33)30-24/h4-10,12H,11H2,1-3H3,(H,27,31)(H2,29,30,32,33). The normalized spacial score (nSPS) is 17.9. The lowest BCUT2D eigenvalue weighted by molar-refractivity contribution is -0.124. The van der Waals surface area contributed by atoms with Crippen molar-refractivity contribution in [3.8, 4) is 11.1 Å². The lowest BCUT2D eigenvalue weighted by Gasteiger charge is -2.25. The summed E-state index contributed by atoms with van der Waals surface area (Å²) in [6.07, 6.45) is 0. The van der Waals surface area contributed by atoms with Crippen LogP contribution in [0.5, 0.6) is 0 Å². The van der Waals surface area contributed by atoms with Crippen LogP contribution in [0.4, 0.5) is 13.6 Å². The van der Waals surface area contributed by atoms with Crippen molar-refractivity contribution in [2.45, 2.75) is 32.2 Å². The molecule has 1 aliphatic rings. The van der Waals surface area contributed by atoms with Gasteiger partial charge in [0, 0.05) is 22.9 Å². The second-order valence-corrected chi connectivity index (χ2v) is 9.33. The van der Waals surface area contributed by atoms with E-state index in [4.69, 9.17) is 0 Å². The van der Waals surface area contributed by atoms with Crippen molar-refractivity contribution in [1.29, 1.82) is 0 Å². The number of thiazole rings is 1. The van der Waals surface area contributed by atoms with Crippen molar-refractivity contribution < 1.29 is 23.2 Å². The number of halogens is 2. The molecule has 1 unspecified atom stereocenters. The van der Waals surface area contributed by atoms with E-state index in [0.717, 1.165) is 17.4 Å². The van der Waals surface area contributed by atoms with Crippen molar-refractivity contribution in [3.63, 3.8) is 0 Å². The number of hydrogen-bond acceptors (Lipinski definition) is 5. The predicted octanol–water partition coefficient (Wildman–Crippen LogP) is 4.00. The highest BCUT2D eigenvalue weighted by Crippen LogP contribution is 2.32. The Morgan fingerprint density at radius 2 is 1.85 bits per heavy atom. The molecule has 1 saturated heterocycles. The largest absolute Gasteiger partial charge is 0.349 e. The lowest BCUT2D eigenvalue weighted by atomic mass is 9.93. The molecule has 4 amide bonds. The first-order valence-electron chi connectivity index (χ1n) is 10.4. The van der Waals surface area contributed by atoms with Gasteiger partial charge in [0.2, 0.25) is 0 Å². The van der Waals surface area contributed by atoms with Gasteiger partial charge in [0.25, 0.3) is 17.7 Å². The average Bonchev–Trinajstić information content (AvgIpc) is 3.33. The van der Waals surface area contributed by atoms with E-state index in [1.807, 2.05) is 6.92 Å². The van der Waals surface area contributed by atoms with E-state index >= 15 is 0 Å². The van der Waals surface area contributed by atoms with E-state index in [-0.39, 0.29) is 12.1 Å². The Kier molecular flexibility index (Phi) is 5.94. The predicted molar refractivity (Wildman–Crippen MR) is 124 cm³/mol. The molecule has 176 valence electrons. The van der Waals surface area contributed by atoms with Crippen molar-refractivity contribution in [3.05, 3.63) is 75.2 Å². The number of carbonyl (C=O) groups excluding carboxylic acids is 3. The van der Waals surface area contributed by atoms with Crippen LogP contribution in [-0.2, 0) is 16.3 Å². The molecule has 3 N–H and O–H groups in total. The maximum atomic E-state index is 13.6. The van der Waals surface area contributed by atoms with Gasteiger partial charge in [-0.15, -0.1) is 11.3 Å². The molecule has 1 fully saturated rings. The molecule has 2 aromatic carbocycles. The number of aryl methyl sites for hydroxylation is 2. The summed E-state index contributed by atoms with van der Waals surface area (Å²) >= 11 is 1.32. The molecule has 7 nitrogen and oxygen atoms in total. The fourth-order valence-electron chi connectivity index (χ4n) is 3.93. The second-order valence-electron chi connectivity index (χ2n) is 8.27. The van der Waals surface area contributed by atoms with Crippen LogP contribution in [0.2, 0.25) is 0 Å². The van der Waals surface area contributed by atoms with Gasteiger partial charge in [-0.2, -0.15) is 0 Å². The van der Waals surface area contributed by atoms with Gasteiger partial charge in [0.15, 0.2) is 5.54 Å². The van der Waals surface area contributed by atoms with Crippen LogP contribution in [-0.4, -0.2) is 29.4 Å². The molecule has 2 heterocycles. The average molecular weight is 485 g/mol. The van der Waals surface area contributed by atoms with Gasteiger partial charge in [-0.1, -0.05) is 42.0 Å². The highest BCUT2D eigenvalue weighted by molar-refractivity contribution is 7.09. The van der Waals surface area contributed by atoms with Gasteiger partial charge in [-0.3, -0.25) is 14.9 Å². The van der Waals surface area contributed by atoms with E-state index < -0.39 is 29.3 Å². The zero-order chi connectivity index (χ0) is 24.7. The third-order valence-electron chi connectivity index (χ3n) is 5.73. The first-order valence-corrected chi connectivity index (χ1v) is 11.3. The van der Waals surface area contributed by atoms with Crippen LogP contribution in [0.1, 0.15) is 39.0 Å². The van der Waals surface area contributed by atoms with Gasteiger partial charge in [-0.25, -0.2) is 18.6 Å². The highest BCUT2D eigenvalue weighted by Gasteiger charge is 2.50. The number of imide groups is 1. The minimum atomic E-state index is -2.97. The highest BCUT2D eigenvalue weighted by atomic mass is 32.1. The molecule has 1 atom stereocenters. The molecule has 10 heteroatoms. The molecule has 4 rings (SSSR count). The zero-order valence-electron chi connectivity index (χ0n) is 18.7. The van der Waals surface area contributed by atoms with E-state index in [1.165, 1.54) is 23.5 Å². The summed E-state index contributed by atoms with van der Waals surface area (Å²) in [7, 11) is 0. The number of hydrogen-bond donors (Lipinski definition) is 3. The number of benzene rings is 2. The Labute approximate surface area is 198 Å². The Balaban J connectivity index is 1.65. The van der Waals surface area contributed by atoms with Gasteiger partial charge < -0.3 is 10.6 Å². The molecular weight excluding hydrogens is 462 g/mol. The topological polar surface area (TPSA) is 100 Å². The van der Waals surface area contributed by atoms with Crippen molar-refractivity contribution in [2.75, 3.05) is 6.54 Å². The molecule has 34 heavy (non-hydrogen) atoms. The van der Waals surface area contributed by atoms with E-state index in [2.05, 4.69) is 20.9 Å². The monoisotopic (exact) mass is 484 g/mol. The number of nitrogens with zero attached hydrogens (tertiary/aromatic N) is 1. The Bertz CT molecular complexity index is 1280. The van der Waals surface area contributed by atoms with Crippen LogP contribution >= 0.6 is 11.3 Å². The van der Waals surface area contributed by atoms with E-state index in [1.54, 1.807) is 42.8 Å². The van der Waals surface area contributed by atoms with Crippen LogP contribution < -0.4 is 16.0 Å². The van der Waals surface area contributed by atoms with Crippen LogP contribution in [0, 0.1) is 13.8 Å². The van der Waals surface area contributed by atoms with Crippen LogP contribution in [0.25, 0.3) is 11.1 Å². The molecule has 1 aromatic heterocycles. The van der Waals surface area contributed by atoms with Crippen LogP contribution in [0.15, 0.2) is 48.0 Å². The molecule has 3 aromatic rings. The molecule has 0 radical (unpaired) electrons. The number of amides is 4. The van der Waals surface area contributed by atoms with Gasteiger partial charge in [0.1, 0.15) is 0 Å². The maximum Gasteiger partial charge on any atom is 0.322 e. The summed E-state index contributed by atoms with van der Waals surface area (Å²) in [5, 5.41) is 7.56. The molecule has 0 bridgehead atoms. The van der Waals surface area contributed by atoms with Gasteiger partial charge >= 0.3 is 6.03 Å². The first kappa shape index (κ1) is 23.5. The quantitative estimate of drug-likeness (QED) is 0.461. The summed E-state index contributed by atoms with van der Waals surface area (Å²) in [5.74, 6) is -4.06. The SMILES string of the molecule is Cc1ccc(C(=O)NCC2(c3ncsc3C)NC(=O)NC2=O)c(-c2ccc(C(C)(F)F)cc2)c1. The molecule has 0 saturated carbocycles. The number of urea groups is 1. The Hall–Kier alpha value is -3.66. The number of rotatable bonds is 6. The smallest absolute Gasteiger partial charge is 0.322 e. The Morgan fingerprint density at radius 3 is 2.41 bits per heavy atom. The summed E-state index contributed by atoms with van der Waals surface area (Å²) < 4.78 is 27.2. The Morgan fingerprint density at radius 1 is 1.15 bits per heavy atom. The van der Waals surface area contributed by atoms with Gasteiger partial charge in [0.05, 0.1) is 17.7 Å². The van der Waals surface area contributed by atoms with E-state index in [9.17, 15) is 23.2 Å². The lowest BCUT2D eigenvalue weighted by Crippen LogP contribution is -2.53. The summed E-state index contributed by atoms with van der Waals surface area (Å²) in [6, 6.07) is 10.3. The first-order chi connectivity index (χ1) is 16.0. The van der Waals surface area contributed by atoms with Crippen molar-refractivity contribution in [1.82, 2.24) is 20.9 Å². The molecular formula is C24H22F2N4O3S. The summed E-state index contributed by atoms with van der Waals surface area (Å²) in [6.45, 7) is 4.24. The number of nitrogens with one attached hydrogen (secondary N) is 3. The maximum absolute atomic E-state index is 13.6. The second kappa shape index (κ2) is 8.60. The minimum Gasteiger partial charge on any atom is -0.349 e. The number of aromatic nitrogens is 1. The van der Waals surface area contributed by atoms with Crippen molar-refractivity contribution >= 4 is 29.2 Å². The van der Waals surface area contributed by atoms with E-state index in [0.29, 0.717) is 22.4 Å². The van der Waals surface area contributed by atoms with Crippen molar-refractivity contribution in [2.24, 2.45) is 0 Å². The third-order valence-corrected chi connectivity index (χ3v) is 6.48. The minimum absolute atomic E-state index is 0.126. The molecule has 0 spiro atoms. The fraction of sp³-hybridized carbons (Fsp3) is 0.250. The summed E-state index contributed by atoms with van der Waals surface area (Å²) in [5.41, 5.74) is 2.61. The number of carbonyl (C=O) groups is 3. The fourth-order valence-corrected chi connectivity index (χ4v) is 4.58.